The summed E-state index contributed by atoms with van der Waals surface area (Å²) in [5.41, 5.74) is 1.17. The van der Waals surface area contributed by atoms with E-state index < -0.39 is 11.7 Å². The summed E-state index contributed by atoms with van der Waals surface area (Å²) in [6, 6.07) is 12.6. The van der Waals surface area contributed by atoms with Gasteiger partial charge in [0.15, 0.2) is 0 Å². The van der Waals surface area contributed by atoms with Gasteiger partial charge in [-0.3, -0.25) is 9.59 Å². The van der Waals surface area contributed by atoms with Gasteiger partial charge < -0.3 is 10.2 Å². The zero-order valence-electron chi connectivity index (χ0n) is 13.0. The molecule has 2 aromatic rings. The molecule has 0 fully saturated rings. The first-order valence-corrected chi connectivity index (χ1v) is 7.56. The molecule has 0 saturated carbocycles. The van der Waals surface area contributed by atoms with E-state index in [9.17, 15) is 14.0 Å². The van der Waals surface area contributed by atoms with E-state index >= 15 is 0 Å². The molecule has 0 aromatic heterocycles. The van der Waals surface area contributed by atoms with Crippen LogP contribution in [0.5, 0.6) is 0 Å². The average molecular weight is 347 g/mol. The Bertz CT molecular complexity index is 760. The molecule has 0 atom stereocenters. The van der Waals surface area contributed by atoms with Crippen molar-refractivity contribution in [2.45, 2.75) is 0 Å². The van der Waals surface area contributed by atoms with E-state index in [1.54, 1.807) is 36.4 Å². The molecule has 4 nitrogen and oxygen atoms in total. The lowest BCUT2D eigenvalue weighted by atomic mass is 10.2. The number of nitrogens with zero attached hydrogens (tertiary/aromatic N) is 1. The van der Waals surface area contributed by atoms with Gasteiger partial charge in [0.25, 0.3) is 0 Å². The number of rotatable bonds is 5. The summed E-state index contributed by atoms with van der Waals surface area (Å²) in [6.45, 7) is -0.139. The minimum atomic E-state index is -0.442. The van der Waals surface area contributed by atoms with Crippen LogP contribution in [0.25, 0.3) is 6.08 Å². The molecule has 0 bridgehead atoms. The van der Waals surface area contributed by atoms with E-state index in [2.05, 4.69) is 5.32 Å². The number of nitrogens with one attached hydrogen (secondary N) is 1. The molecule has 24 heavy (non-hydrogen) atoms. The summed E-state index contributed by atoms with van der Waals surface area (Å²) in [5.74, 6) is -1.17. The van der Waals surface area contributed by atoms with Gasteiger partial charge in [-0.1, -0.05) is 29.8 Å². The minimum absolute atomic E-state index is 0.139. The summed E-state index contributed by atoms with van der Waals surface area (Å²) < 4.78 is 13.1. The number of benzene rings is 2. The summed E-state index contributed by atoms with van der Waals surface area (Å²) >= 11 is 5.79. The van der Waals surface area contributed by atoms with Gasteiger partial charge in [0.2, 0.25) is 11.8 Å². The lowest BCUT2D eigenvalue weighted by Crippen LogP contribution is -2.33. The molecule has 2 amide bonds. The Morgan fingerprint density at radius 3 is 2.58 bits per heavy atom. The lowest BCUT2D eigenvalue weighted by Gasteiger charge is -2.14. The van der Waals surface area contributed by atoms with E-state index in [-0.39, 0.29) is 12.5 Å². The minimum Gasteiger partial charge on any atom is -0.333 e. The smallest absolute Gasteiger partial charge is 0.246 e. The first kappa shape index (κ1) is 17.7. The molecule has 0 unspecified atom stereocenters. The molecule has 0 aliphatic rings. The quantitative estimate of drug-likeness (QED) is 0.841. The molecule has 2 aromatic carbocycles. The highest BCUT2D eigenvalue weighted by Crippen LogP contribution is 2.11. The second-order valence-corrected chi connectivity index (χ2v) is 5.57. The third-order valence-corrected chi connectivity index (χ3v) is 3.41. The molecule has 0 heterocycles. The Balaban J connectivity index is 1.88. The molecular formula is C18H16ClFN2O2. The first-order valence-electron chi connectivity index (χ1n) is 7.18. The fourth-order valence-corrected chi connectivity index (χ4v) is 2.05. The molecule has 124 valence electrons. The van der Waals surface area contributed by atoms with Crippen LogP contribution in [-0.2, 0) is 9.59 Å². The Kier molecular flexibility index (Phi) is 6.09. The predicted molar refractivity (Wildman–Crippen MR) is 93.2 cm³/mol. The Morgan fingerprint density at radius 2 is 1.92 bits per heavy atom. The zero-order valence-corrected chi connectivity index (χ0v) is 13.8. The predicted octanol–water partition coefficient (Wildman–Crippen LogP) is 3.59. The van der Waals surface area contributed by atoms with Crippen molar-refractivity contribution in [2.75, 3.05) is 18.9 Å². The van der Waals surface area contributed by atoms with Gasteiger partial charge in [-0.25, -0.2) is 4.39 Å². The standard InChI is InChI=1S/C18H16ClFN2O2/c1-22(12-17(23)21-16-4-2-3-15(20)11-16)18(24)10-7-13-5-8-14(19)9-6-13/h2-11H,12H2,1H3,(H,21,23)/b10-7+. The molecule has 1 N–H and O–H groups in total. The van der Waals surface area contributed by atoms with Gasteiger partial charge in [0.05, 0.1) is 6.54 Å². The molecule has 0 radical (unpaired) electrons. The van der Waals surface area contributed by atoms with E-state index in [1.165, 1.54) is 36.2 Å². The van der Waals surface area contributed by atoms with Crippen molar-refractivity contribution in [3.05, 3.63) is 71.0 Å². The second-order valence-electron chi connectivity index (χ2n) is 5.14. The van der Waals surface area contributed by atoms with Crippen LogP contribution in [-0.4, -0.2) is 30.3 Å². The molecule has 0 saturated heterocycles. The SMILES string of the molecule is CN(CC(=O)Nc1cccc(F)c1)C(=O)/C=C/c1ccc(Cl)cc1. The van der Waals surface area contributed by atoms with E-state index in [1.807, 2.05) is 0 Å². The van der Waals surface area contributed by atoms with Crippen LogP contribution >= 0.6 is 11.6 Å². The van der Waals surface area contributed by atoms with Crippen molar-refractivity contribution in [3.8, 4) is 0 Å². The monoisotopic (exact) mass is 346 g/mol. The zero-order chi connectivity index (χ0) is 17.5. The Hall–Kier alpha value is -2.66. The van der Waals surface area contributed by atoms with Crippen LogP contribution in [0, 0.1) is 5.82 Å². The molecule has 0 aliphatic carbocycles. The number of amides is 2. The summed E-state index contributed by atoms with van der Waals surface area (Å²) in [7, 11) is 1.51. The maximum absolute atomic E-state index is 13.1. The number of hydrogen-bond donors (Lipinski definition) is 1. The van der Waals surface area contributed by atoms with Gasteiger partial charge >= 0.3 is 0 Å². The molecule has 6 heteroatoms. The van der Waals surface area contributed by atoms with Gasteiger partial charge in [-0.2, -0.15) is 0 Å². The second kappa shape index (κ2) is 8.26. The van der Waals surface area contributed by atoms with Crippen LogP contribution in [0.15, 0.2) is 54.6 Å². The van der Waals surface area contributed by atoms with Crippen molar-refractivity contribution >= 4 is 35.2 Å². The van der Waals surface area contributed by atoms with Gasteiger partial charge in [-0.05, 0) is 42.0 Å². The van der Waals surface area contributed by atoms with Crippen LogP contribution in [0.3, 0.4) is 0 Å². The van der Waals surface area contributed by atoms with Crippen LogP contribution in [0.4, 0.5) is 10.1 Å². The Labute approximate surface area is 144 Å². The summed E-state index contributed by atoms with van der Waals surface area (Å²) in [4.78, 5) is 25.1. The molecule has 2 rings (SSSR count). The third kappa shape index (κ3) is 5.52. The number of hydrogen-bond acceptors (Lipinski definition) is 2. The molecule has 0 aliphatic heterocycles. The normalized spacial score (nSPS) is 10.6. The first-order chi connectivity index (χ1) is 11.4. The lowest BCUT2D eigenvalue weighted by molar-refractivity contribution is -0.129. The fraction of sp³-hybridized carbons (Fsp3) is 0.111. The Morgan fingerprint density at radius 1 is 1.21 bits per heavy atom. The molecular weight excluding hydrogens is 331 g/mol. The maximum atomic E-state index is 13.1. The topological polar surface area (TPSA) is 49.4 Å². The van der Waals surface area contributed by atoms with Crippen molar-refractivity contribution in [1.82, 2.24) is 4.90 Å². The highest BCUT2D eigenvalue weighted by Gasteiger charge is 2.11. The third-order valence-electron chi connectivity index (χ3n) is 3.15. The van der Waals surface area contributed by atoms with E-state index in [0.717, 1.165) is 5.56 Å². The highest BCUT2D eigenvalue weighted by atomic mass is 35.5. The van der Waals surface area contributed by atoms with Gasteiger partial charge in [-0.15, -0.1) is 0 Å². The summed E-state index contributed by atoms with van der Waals surface area (Å²) in [6.07, 6.45) is 3.01. The van der Waals surface area contributed by atoms with Gasteiger partial charge in [0.1, 0.15) is 5.82 Å². The number of carbonyl (C=O) groups is 2. The van der Waals surface area contributed by atoms with Crippen molar-refractivity contribution in [2.24, 2.45) is 0 Å². The summed E-state index contributed by atoms with van der Waals surface area (Å²) in [5, 5.41) is 3.15. The average Bonchev–Trinajstić information content (AvgIpc) is 2.53. The number of likely N-dealkylation sites (N-methyl/N-ethyl adjacent to an activating group) is 1. The van der Waals surface area contributed by atoms with E-state index in [4.69, 9.17) is 11.6 Å². The maximum Gasteiger partial charge on any atom is 0.246 e. The fourth-order valence-electron chi connectivity index (χ4n) is 1.93. The van der Waals surface area contributed by atoms with Crippen LogP contribution < -0.4 is 5.32 Å². The largest absolute Gasteiger partial charge is 0.333 e. The van der Waals surface area contributed by atoms with Crippen LogP contribution in [0.2, 0.25) is 5.02 Å². The van der Waals surface area contributed by atoms with Crippen molar-refractivity contribution in [1.29, 1.82) is 0 Å². The van der Waals surface area contributed by atoms with E-state index in [0.29, 0.717) is 10.7 Å². The molecule has 0 spiro atoms. The number of halogens is 2. The highest BCUT2D eigenvalue weighted by molar-refractivity contribution is 6.30. The van der Waals surface area contributed by atoms with Crippen LogP contribution in [0.1, 0.15) is 5.56 Å². The van der Waals surface area contributed by atoms with Gasteiger partial charge in [0, 0.05) is 23.8 Å². The van der Waals surface area contributed by atoms with Crippen molar-refractivity contribution in [3.63, 3.8) is 0 Å². The number of anilines is 1. The van der Waals surface area contributed by atoms with Crippen molar-refractivity contribution < 1.29 is 14.0 Å². The number of carbonyl (C=O) groups excluding carboxylic acids is 2.